The molecule has 1 saturated heterocycles. The summed E-state index contributed by atoms with van der Waals surface area (Å²) < 4.78 is 37.5. The Morgan fingerprint density at radius 3 is 2.26 bits per heavy atom. The van der Waals surface area contributed by atoms with Gasteiger partial charge in [0.15, 0.2) is 5.78 Å². The van der Waals surface area contributed by atoms with Crippen molar-refractivity contribution >= 4 is 5.78 Å². The Labute approximate surface area is 110 Å². The molecule has 0 amide bonds. The van der Waals surface area contributed by atoms with E-state index in [4.69, 9.17) is 0 Å². The maximum Gasteiger partial charge on any atom is 0.391 e. The van der Waals surface area contributed by atoms with Gasteiger partial charge in [0.2, 0.25) is 0 Å². The SMILES string of the molecule is O=C(CN1CCC(C(F)(F)F)CC1)c1ccccc1. The maximum absolute atomic E-state index is 12.5. The van der Waals surface area contributed by atoms with Crippen LogP contribution in [0.3, 0.4) is 0 Å². The van der Waals surface area contributed by atoms with Gasteiger partial charge >= 0.3 is 6.18 Å². The average Bonchev–Trinajstić information content (AvgIpc) is 2.39. The maximum atomic E-state index is 12.5. The zero-order valence-corrected chi connectivity index (χ0v) is 10.5. The smallest absolute Gasteiger partial charge is 0.296 e. The number of likely N-dealkylation sites (tertiary alicyclic amines) is 1. The first-order valence-corrected chi connectivity index (χ1v) is 6.34. The van der Waals surface area contributed by atoms with Crippen molar-refractivity contribution in [1.82, 2.24) is 4.90 Å². The predicted molar refractivity (Wildman–Crippen MR) is 66.0 cm³/mol. The van der Waals surface area contributed by atoms with Crippen LogP contribution in [0.4, 0.5) is 13.2 Å². The van der Waals surface area contributed by atoms with E-state index < -0.39 is 12.1 Å². The number of nitrogens with zero attached hydrogens (tertiary/aromatic N) is 1. The molecule has 0 saturated carbocycles. The van der Waals surface area contributed by atoms with Crippen LogP contribution in [-0.2, 0) is 0 Å². The van der Waals surface area contributed by atoms with Crippen molar-refractivity contribution in [2.24, 2.45) is 5.92 Å². The Morgan fingerprint density at radius 1 is 1.16 bits per heavy atom. The van der Waals surface area contributed by atoms with E-state index in [1.54, 1.807) is 29.2 Å². The minimum Gasteiger partial charge on any atom is -0.296 e. The highest BCUT2D eigenvalue weighted by Crippen LogP contribution is 2.33. The second-order valence-corrected chi connectivity index (χ2v) is 4.88. The molecule has 0 aromatic heterocycles. The van der Waals surface area contributed by atoms with Crippen molar-refractivity contribution < 1.29 is 18.0 Å². The summed E-state index contributed by atoms with van der Waals surface area (Å²) in [4.78, 5) is 13.7. The highest BCUT2D eigenvalue weighted by atomic mass is 19.4. The molecule has 0 bridgehead atoms. The summed E-state index contributed by atoms with van der Waals surface area (Å²) in [5.74, 6) is -1.25. The molecule has 0 aliphatic carbocycles. The van der Waals surface area contributed by atoms with Crippen LogP contribution in [0.1, 0.15) is 23.2 Å². The highest BCUT2D eigenvalue weighted by Gasteiger charge is 2.41. The first-order valence-electron chi connectivity index (χ1n) is 6.34. The largest absolute Gasteiger partial charge is 0.391 e. The van der Waals surface area contributed by atoms with E-state index >= 15 is 0 Å². The molecule has 0 unspecified atom stereocenters. The Bertz CT molecular complexity index is 422. The van der Waals surface area contributed by atoms with Crippen molar-refractivity contribution in [1.29, 1.82) is 0 Å². The Hall–Kier alpha value is -1.36. The molecule has 1 aliphatic heterocycles. The number of benzene rings is 1. The molecule has 2 rings (SSSR count). The summed E-state index contributed by atoms with van der Waals surface area (Å²) in [7, 11) is 0. The van der Waals surface area contributed by atoms with Gasteiger partial charge in [0, 0.05) is 5.56 Å². The Morgan fingerprint density at radius 2 is 1.74 bits per heavy atom. The van der Waals surface area contributed by atoms with Gasteiger partial charge in [-0.2, -0.15) is 13.2 Å². The summed E-state index contributed by atoms with van der Waals surface area (Å²) in [5.41, 5.74) is 0.612. The summed E-state index contributed by atoms with van der Waals surface area (Å²) in [5, 5.41) is 0. The van der Waals surface area contributed by atoms with Crippen molar-refractivity contribution in [2.75, 3.05) is 19.6 Å². The van der Waals surface area contributed by atoms with Crippen LogP contribution in [0.15, 0.2) is 30.3 Å². The summed E-state index contributed by atoms with van der Waals surface area (Å²) >= 11 is 0. The fourth-order valence-electron chi connectivity index (χ4n) is 2.34. The second-order valence-electron chi connectivity index (χ2n) is 4.88. The Balaban J connectivity index is 1.85. The third-order valence-corrected chi connectivity index (χ3v) is 3.51. The molecule has 1 aromatic carbocycles. The monoisotopic (exact) mass is 271 g/mol. The highest BCUT2D eigenvalue weighted by molar-refractivity contribution is 5.97. The van der Waals surface area contributed by atoms with Gasteiger partial charge < -0.3 is 0 Å². The van der Waals surface area contributed by atoms with E-state index in [0.29, 0.717) is 18.7 Å². The molecule has 1 fully saturated rings. The molecule has 1 aromatic rings. The minimum atomic E-state index is -4.10. The van der Waals surface area contributed by atoms with Gasteiger partial charge in [-0.1, -0.05) is 30.3 Å². The van der Waals surface area contributed by atoms with Gasteiger partial charge in [-0.05, 0) is 25.9 Å². The number of ketones is 1. The van der Waals surface area contributed by atoms with E-state index in [2.05, 4.69) is 0 Å². The standard InChI is InChI=1S/C14H16F3NO/c15-14(16,17)12-6-8-18(9-7-12)10-13(19)11-4-2-1-3-5-11/h1-5,12H,6-10H2. The van der Waals surface area contributed by atoms with Crippen molar-refractivity contribution in [3.8, 4) is 0 Å². The topological polar surface area (TPSA) is 20.3 Å². The van der Waals surface area contributed by atoms with E-state index in [0.717, 1.165) is 0 Å². The molecule has 0 atom stereocenters. The number of alkyl halides is 3. The summed E-state index contributed by atoms with van der Waals surface area (Å²) in [6.07, 6.45) is -3.92. The molecule has 19 heavy (non-hydrogen) atoms. The number of hydrogen-bond acceptors (Lipinski definition) is 2. The van der Waals surface area contributed by atoms with E-state index in [1.807, 2.05) is 6.07 Å². The van der Waals surface area contributed by atoms with Crippen molar-refractivity contribution in [2.45, 2.75) is 19.0 Å². The lowest BCUT2D eigenvalue weighted by Crippen LogP contribution is -2.41. The van der Waals surface area contributed by atoms with Crippen LogP contribution in [0, 0.1) is 5.92 Å². The normalized spacial score (nSPS) is 18.5. The molecule has 104 valence electrons. The summed E-state index contributed by atoms with van der Waals surface area (Å²) in [6, 6.07) is 8.84. The van der Waals surface area contributed by atoms with Crippen LogP contribution >= 0.6 is 0 Å². The fourth-order valence-corrected chi connectivity index (χ4v) is 2.34. The third kappa shape index (κ3) is 3.80. The van der Waals surface area contributed by atoms with E-state index in [9.17, 15) is 18.0 Å². The van der Waals surface area contributed by atoms with Crippen molar-refractivity contribution in [3.05, 3.63) is 35.9 Å². The number of piperidine rings is 1. The first kappa shape index (κ1) is 14.1. The number of rotatable bonds is 3. The molecule has 2 nitrogen and oxygen atoms in total. The predicted octanol–water partition coefficient (Wildman–Crippen LogP) is 3.14. The number of Topliss-reactive ketones (excluding diaryl/α,β-unsaturated/α-hetero) is 1. The van der Waals surface area contributed by atoms with Gasteiger partial charge in [-0.3, -0.25) is 9.69 Å². The van der Waals surface area contributed by atoms with Gasteiger partial charge in [0.25, 0.3) is 0 Å². The second kappa shape index (κ2) is 5.74. The van der Waals surface area contributed by atoms with E-state index in [1.165, 1.54) is 0 Å². The first-order chi connectivity index (χ1) is 8.97. The third-order valence-electron chi connectivity index (χ3n) is 3.51. The zero-order valence-electron chi connectivity index (χ0n) is 10.5. The zero-order chi connectivity index (χ0) is 13.9. The number of halogens is 3. The molecule has 5 heteroatoms. The lowest BCUT2D eigenvalue weighted by Gasteiger charge is -2.32. The molecular weight excluding hydrogens is 255 g/mol. The molecule has 1 aliphatic rings. The lowest BCUT2D eigenvalue weighted by molar-refractivity contribution is -0.184. The van der Waals surface area contributed by atoms with Crippen LogP contribution in [-0.4, -0.2) is 36.5 Å². The van der Waals surface area contributed by atoms with Crippen molar-refractivity contribution in [3.63, 3.8) is 0 Å². The minimum absolute atomic E-state index is 0.0361. The fraction of sp³-hybridized carbons (Fsp3) is 0.500. The summed E-state index contributed by atoms with van der Waals surface area (Å²) in [6.45, 7) is 0.875. The van der Waals surface area contributed by atoms with Gasteiger partial charge in [-0.25, -0.2) is 0 Å². The number of hydrogen-bond donors (Lipinski definition) is 0. The van der Waals surface area contributed by atoms with Crippen LogP contribution in [0.5, 0.6) is 0 Å². The van der Waals surface area contributed by atoms with Crippen LogP contribution in [0.25, 0.3) is 0 Å². The molecule has 0 N–H and O–H groups in total. The quantitative estimate of drug-likeness (QED) is 0.787. The van der Waals surface area contributed by atoms with Gasteiger partial charge in [0.05, 0.1) is 12.5 Å². The molecule has 0 radical (unpaired) electrons. The number of carbonyl (C=O) groups is 1. The molecule has 0 spiro atoms. The number of carbonyl (C=O) groups excluding carboxylic acids is 1. The van der Waals surface area contributed by atoms with Gasteiger partial charge in [0.1, 0.15) is 0 Å². The van der Waals surface area contributed by atoms with E-state index in [-0.39, 0.29) is 25.2 Å². The van der Waals surface area contributed by atoms with Crippen LogP contribution < -0.4 is 0 Å². The van der Waals surface area contributed by atoms with Gasteiger partial charge in [-0.15, -0.1) is 0 Å². The average molecular weight is 271 g/mol. The molecule has 1 heterocycles. The lowest BCUT2D eigenvalue weighted by atomic mass is 9.96. The Kier molecular flexibility index (Phi) is 4.24. The molecular formula is C14H16F3NO. The van der Waals surface area contributed by atoms with Crippen LogP contribution in [0.2, 0.25) is 0 Å².